The third-order valence-electron chi connectivity index (χ3n) is 4.72. The van der Waals surface area contributed by atoms with Crippen LogP contribution in [0.3, 0.4) is 0 Å². The Morgan fingerprint density at radius 3 is 1.30 bits per heavy atom. The topological polar surface area (TPSA) is 65.6 Å². The number of carbonyl (C=O) groups excluding carboxylic acids is 2. The van der Waals surface area contributed by atoms with E-state index in [-0.39, 0.29) is 17.0 Å². The Morgan fingerprint density at radius 2 is 1.00 bits per heavy atom. The molecule has 2 atom stereocenters. The first-order valence-electron chi connectivity index (χ1n) is 9.19. The molecule has 0 heterocycles. The van der Waals surface area contributed by atoms with Crippen molar-refractivity contribution in [3.05, 3.63) is 96.1 Å². The average Bonchev–Trinajstić information content (AvgIpc) is 3.25. The van der Waals surface area contributed by atoms with Gasteiger partial charge >= 0.3 is 0 Å². The molecule has 0 saturated carbocycles. The molecule has 2 unspecified atom stereocenters. The van der Waals surface area contributed by atoms with Crippen molar-refractivity contribution in [3.63, 3.8) is 0 Å². The quantitative estimate of drug-likeness (QED) is 0.827. The molecule has 140 valence electrons. The molecule has 0 spiro atoms. The van der Waals surface area contributed by atoms with Crippen LogP contribution < -0.4 is 0 Å². The maximum Gasteiger partial charge on any atom is 0.155 e. The molecule has 0 aromatic heterocycles. The summed E-state index contributed by atoms with van der Waals surface area (Å²) >= 11 is 0. The normalized spacial score (nSPS) is 20.1. The van der Waals surface area contributed by atoms with E-state index >= 15 is 0 Å². The van der Waals surface area contributed by atoms with Crippen LogP contribution in [0.15, 0.2) is 85.0 Å². The van der Waals surface area contributed by atoms with Gasteiger partial charge in [0, 0.05) is 12.8 Å². The van der Waals surface area contributed by atoms with Crippen LogP contribution >= 0.6 is 0 Å². The minimum absolute atomic E-state index is 0. The summed E-state index contributed by atoms with van der Waals surface area (Å²) in [5, 5.41) is 0. The molecule has 0 saturated heterocycles. The van der Waals surface area contributed by atoms with Crippen molar-refractivity contribution in [2.24, 2.45) is 11.8 Å². The predicted octanol–water partition coefficient (Wildman–Crippen LogP) is 3.92. The Bertz CT molecular complexity index is 721. The number of carbonyl (C=O) groups is 2. The first kappa shape index (κ1) is 20.5. The minimum Gasteiger partial charge on any atom is -0.412 e. The second kappa shape index (κ2) is 10.4. The van der Waals surface area contributed by atoms with Gasteiger partial charge in [-0.15, -0.1) is 0 Å². The van der Waals surface area contributed by atoms with E-state index in [1.165, 1.54) is 11.1 Å². The zero-order valence-corrected chi connectivity index (χ0v) is 15.4. The van der Waals surface area contributed by atoms with Crippen LogP contribution in [0.4, 0.5) is 0 Å². The molecule has 2 aliphatic carbocycles. The molecule has 0 bridgehead atoms. The number of ketones is 2. The first-order chi connectivity index (χ1) is 12.7. The molecule has 27 heavy (non-hydrogen) atoms. The molecule has 0 aliphatic heterocycles. The number of hydrogen-bond donors (Lipinski definition) is 0. The fourth-order valence-corrected chi connectivity index (χ4v) is 3.39. The van der Waals surface area contributed by atoms with Gasteiger partial charge in [-0.2, -0.15) is 0 Å². The summed E-state index contributed by atoms with van der Waals surface area (Å²) < 4.78 is 0. The van der Waals surface area contributed by atoms with Gasteiger partial charge in [-0.3, -0.25) is 9.59 Å². The van der Waals surface area contributed by atoms with Gasteiger partial charge in [0.2, 0.25) is 0 Å². The lowest BCUT2D eigenvalue weighted by molar-refractivity contribution is -0.115. The van der Waals surface area contributed by atoms with Crippen LogP contribution in [0.5, 0.6) is 0 Å². The van der Waals surface area contributed by atoms with Gasteiger partial charge in [0.1, 0.15) is 0 Å². The van der Waals surface area contributed by atoms with Crippen LogP contribution in [0.1, 0.15) is 24.0 Å². The number of benzene rings is 2. The van der Waals surface area contributed by atoms with Crippen LogP contribution in [0.25, 0.3) is 0 Å². The van der Waals surface area contributed by atoms with E-state index in [0.29, 0.717) is 24.7 Å². The van der Waals surface area contributed by atoms with Crippen molar-refractivity contribution < 1.29 is 15.1 Å². The summed E-state index contributed by atoms with van der Waals surface area (Å²) in [5.74, 6) is 1.38. The van der Waals surface area contributed by atoms with E-state index < -0.39 is 0 Å². The van der Waals surface area contributed by atoms with Crippen molar-refractivity contribution in [1.82, 2.24) is 0 Å². The SMILES string of the molecule is O.O=C1C=CC(Cc2ccccc2)C1.O=C1C=CC(Cc2ccccc2)C1. The Balaban J connectivity index is 0.000000187. The van der Waals surface area contributed by atoms with Crippen LogP contribution in [0.2, 0.25) is 0 Å². The Kier molecular flexibility index (Phi) is 7.90. The second-order valence-corrected chi connectivity index (χ2v) is 6.96. The first-order valence-corrected chi connectivity index (χ1v) is 9.19. The highest BCUT2D eigenvalue weighted by Crippen LogP contribution is 2.20. The monoisotopic (exact) mass is 362 g/mol. The Morgan fingerprint density at radius 1 is 0.630 bits per heavy atom. The average molecular weight is 362 g/mol. The van der Waals surface area contributed by atoms with Crippen molar-refractivity contribution in [3.8, 4) is 0 Å². The van der Waals surface area contributed by atoms with Gasteiger partial charge in [0.05, 0.1) is 0 Å². The Labute approximate surface area is 160 Å². The number of hydrogen-bond acceptors (Lipinski definition) is 2. The standard InChI is InChI=1S/2C12H12O.H2O/c2*13-12-7-6-11(9-12)8-10-4-2-1-3-5-10;/h2*1-7,11H,8-9H2;1H2. The molecule has 2 N–H and O–H groups in total. The van der Waals surface area contributed by atoms with Gasteiger partial charge in [-0.25, -0.2) is 0 Å². The van der Waals surface area contributed by atoms with Gasteiger partial charge in [-0.05, 0) is 48.0 Å². The number of allylic oxidation sites excluding steroid dienone is 4. The molecule has 0 radical (unpaired) electrons. The molecule has 0 fully saturated rings. The molecule has 2 aromatic carbocycles. The zero-order chi connectivity index (χ0) is 18.2. The Hall–Kier alpha value is -2.78. The highest BCUT2D eigenvalue weighted by molar-refractivity contribution is 5.92. The maximum atomic E-state index is 11.0. The molecule has 2 aromatic rings. The summed E-state index contributed by atoms with van der Waals surface area (Å²) in [6.45, 7) is 0. The van der Waals surface area contributed by atoms with E-state index in [2.05, 4.69) is 24.3 Å². The smallest absolute Gasteiger partial charge is 0.155 e. The van der Waals surface area contributed by atoms with Crippen molar-refractivity contribution in [2.45, 2.75) is 25.7 Å². The minimum atomic E-state index is 0. The van der Waals surface area contributed by atoms with Crippen LogP contribution in [-0.4, -0.2) is 17.0 Å². The highest BCUT2D eigenvalue weighted by Gasteiger charge is 2.16. The summed E-state index contributed by atoms with van der Waals surface area (Å²) in [6.07, 6.45) is 10.8. The molecule has 2 aliphatic rings. The van der Waals surface area contributed by atoms with Crippen molar-refractivity contribution >= 4 is 11.6 Å². The summed E-state index contributed by atoms with van der Waals surface area (Å²) in [7, 11) is 0. The van der Waals surface area contributed by atoms with E-state index in [9.17, 15) is 9.59 Å². The molecule has 3 heteroatoms. The van der Waals surface area contributed by atoms with Crippen molar-refractivity contribution in [1.29, 1.82) is 0 Å². The van der Waals surface area contributed by atoms with Crippen LogP contribution in [-0.2, 0) is 22.4 Å². The van der Waals surface area contributed by atoms with E-state index in [4.69, 9.17) is 0 Å². The third kappa shape index (κ3) is 6.80. The van der Waals surface area contributed by atoms with Gasteiger partial charge < -0.3 is 5.48 Å². The molecule has 0 amide bonds. The summed E-state index contributed by atoms with van der Waals surface area (Å²) in [6, 6.07) is 20.6. The van der Waals surface area contributed by atoms with Crippen molar-refractivity contribution in [2.75, 3.05) is 0 Å². The van der Waals surface area contributed by atoms with Gasteiger partial charge in [0.25, 0.3) is 0 Å². The van der Waals surface area contributed by atoms with Crippen LogP contribution in [0, 0.1) is 11.8 Å². The molecule has 3 nitrogen and oxygen atoms in total. The van der Waals surface area contributed by atoms with Gasteiger partial charge in [-0.1, -0.05) is 72.8 Å². The van der Waals surface area contributed by atoms with E-state index in [0.717, 1.165) is 12.8 Å². The lowest BCUT2D eigenvalue weighted by Gasteiger charge is -2.05. The predicted molar refractivity (Wildman–Crippen MR) is 108 cm³/mol. The summed E-state index contributed by atoms with van der Waals surface area (Å²) in [4.78, 5) is 21.9. The lowest BCUT2D eigenvalue weighted by atomic mass is 9.99. The lowest BCUT2D eigenvalue weighted by Crippen LogP contribution is -2.00. The molecular formula is C24H26O3. The highest BCUT2D eigenvalue weighted by atomic mass is 16.1. The summed E-state index contributed by atoms with van der Waals surface area (Å²) in [5.41, 5.74) is 2.62. The second-order valence-electron chi connectivity index (χ2n) is 6.96. The van der Waals surface area contributed by atoms with Gasteiger partial charge in [0.15, 0.2) is 11.6 Å². The zero-order valence-electron chi connectivity index (χ0n) is 15.4. The number of rotatable bonds is 4. The van der Waals surface area contributed by atoms with E-state index in [1.54, 1.807) is 12.2 Å². The third-order valence-corrected chi connectivity index (χ3v) is 4.72. The fraction of sp³-hybridized carbons (Fsp3) is 0.250. The largest absolute Gasteiger partial charge is 0.412 e. The fourth-order valence-electron chi connectivity index (χ4n) is 3.39. The maximum absolute atomic E-state index is 11.0. The van der Waals surface area contributed by atoms with E-state index in [1.807, 2.05) is 48.6 Å². The molecular weight excluding hydrogens is 336 g/mol. The molecule has 4 rings (SSSR count).